The second-order valence-corrected chi connectivity index (χ2v) is 17.4. The van der Waals surface area contributed by atoms with Crippen LogP contribution in [0.15, 0.2) is 48.5 Å². The number of rotatable bonds is 32. The molecule has 0 amide bonds. The normalized spacial score (nSPS) is 11.8. The van der Waals surface area contributed by atoms with E-state index in [-0.39, 0.29) is 0 Å². The van der Waals surface area contributed by atoms with Crippen LogP contribution in [0.1, 0.15) is 237 Å². The minimum Gasteiger partial charge on any atom is -0.0654 e. The fourth-order valence-electron chi connectivity index (χ4n) is 8.42. The summed E-state index contributed by atoms with van der Waals surface area (Å²) in [6.07, 6.45) is 46.8. The molecule has 3 rings (SSSR count). The van der Waals surface area contributed by atoms with Crippen LogP contribution in [0.2, 0.25) is 0 Å². The Morgan fingerprint density at radius 3 is 0.875 bits per heavy atom. The maximum atomic E-state index is 2.53. The zero-order valence-corrected chi connectivity index (χ0v) is 37.7. The molecule has 0 fully saturated rings. The van der Waals surface area contributed by atoms with E-state index in [9.17, 15) is 0 Å². The third kappa shape index (κ3) is 19.5. The Labute approximate surface area is 348 Å². The molecule has 3 aromatic rings. The summed E-state index contributed by atoms with van der Waals surface area (Å²) >= 11 is 0. The lowest BCUT2D eigenvalue weighted by Crippen LogP contribution is -1.98. The molecule has 56 heavy (non-hydrogen) atoms. The SMILES string of the molecule is CCCCCCCCc1cc(/C=C/c2ccc(/C=C/c3cc(CCCCCCCC)c(C)cc3CCCCCCCC)cc2)c(CCCCCCCC)cc1C. The van der Waals surface area contributed by atoms with Gasteiger partial charge in [-0.1, -0.05) is 229 Å². The molecule has 0 saturated heterocycles. The lowest BCUT2D eigenvalue weighted by atomic mass is 9.92. The van der Waals surface area contributed by atoms with E-state index in [0.29, 0.717) is 0 Å². The molecule has 0 aliphatic rings. The molecule has 0 saturated carbocycles. The molecular weight excluding hydrogens is 673 g/mol. The summed E-state index contributed by atoms with van der Waals surface area (Å²) in [5.41, 5.74) is 14.6. The number of hydrogen-bond acceptors (Lipinski definition) is 0. The molecule has 0 nitrogen and oxygen atoms in total. The van der Waals surface area contributed by atoms with Crippen LogP contribution in [0.25, 0.3) is 24.3 Å². The molecule has 0 bridgehead atoms. The maximum Gasteiger partial charge on any atom is -0.0221 e. The van der Waals surface area contributed by atoms with Gasteiger partial charge < -0.3 is 0 Å². The summed E-state index contributed by atoms with van der Waals surface area (Å²) in [5.74, 6) is 0. The van der Waals surface area contributed by atoms with Crippen LogP contribution < -0.4 is 0 Å². The average molecular weight is 759 g/mol. The number of unbranched alkanes of at least 4 members (excludes halogenated alkanes) is 20. The number of hydrogen-bond donors (Lipinski definition) is 0. The van der Waals surface area contributed by atoms with Gasteiger partial charge in [0.15, 0.2) is 0 Å². The Morgan fingerprint density at radius 1 is 0.304 bits per heavy atom. The van der Waals surface area contributed by atoms with Crippen LogP contribution in [0.5, 0.6) is 0 Å². The zero-order valence-electron chi connectivity index (χ0n) is 37.7. The van der Waals surface area contributed by atoms with Crippen molar-refractivity contribution in [2.24, 2.45) is 0 Å². The molecule has 0 spiro atoms. The summed E-state index contributed by atoms with van der Waals surface area (Å²) in [6, 6.07) is 19.4. The van der Waals surface area contributed by atoms with Crippen molar-refractivity contribution in [1.82, 2.24) is 0 Å². The lowest BCUT2D eigenvalue weighted by Gasteiger charge is -2.14. The van der Waals surface area contributed by atoms with Gasteiger partial charge in [0, 0.05) is 0 Å². The number of aryl methyl sites for hydroxylation is 6. The van der Waals surface area contributed by atoms with Crippen LogP contribution in [0, 0.1) is 13.8 Å². The first-order chi connectivity index (χ1) is 27.5. The first-order valence-corrected chi connectivity index (χ1v) is 24.2. The van der Waals surface area contributed by atoms with Gasteiger partial charge in [-0.05, 0) is 121 Å². The smallest absolute Gasteiger partial charge is 0.0221 e. The van der Waals surface area contributed by atoms with Crippen molar-refractivity contribution in [1.29, 1.82) is 0 Å². The molecule has 0 atom stereocenters. The van der Waals surface area contributed by atoms with Gasteiger partial charge in [0.2, 0.25) is 0 Å². The minimum absolute atomic E-state index is 1.19. The predicted octanol–water partition coefficient (Wildman–Crippen LogP) is 18.3. The summed E-state index contributed by atoms with van der Waals surface area (Å²) in [6.45, 7) is 13.9. The molecule has 0 N–H and O–H groups in total. The van der Waals surface area contributed by atoms with E-state index in [2.05, 4.69) is 114 Å². The van der Waals surface area contributed by atoms with E-state index in [1.54, 1.807) is 11.1 Å². The van der Waals surface area contributed by atoms with Crippen molar-refractivity contribution in [3.63, 3.8) is 0 Å². The zero-order chi connectivity index (χ0) is 40.1. The van der Waals surface area contributed by atoms with Crippen molar-refractivity contribution in [3.8, 4) is 0 Å². The second-order valence-electron chi connectivity index (χ2n) is 17.4. The highest BCUT2D eigenvalue weighted by molar-refractivity contribution is 5.75. The fraction of sp³-hybridized carbons (Fsp3) is 0.607. The molecule has 0 aromatic heterocycles. The van der Waals surface area contributed by atoms with Crippen molar-refractivity contribution in [2.45, 2.75) is 221 Å². The Morgan fingerprint density at radius 2 is 0.571 bits per heavy atom. The molecule has 0 unspecified atom stereocenters. The van der Waals surface area contributed by atoms with Crippen LogP contribution >= 0.6 is 0 Å². The van der Waals surface area contributed by atoms with Crippen LogP contribution in [0.3, 0.4) is 0 Å². The van der Waals surface area contributed by atoms with Gasteiger partial charge in [-0.2, -0.15) is 0 Å². The van der Waals surface area contributed by atoms with E-state index in [0.717, 1.165) is 0 Å². The van der Waals surface area contributed by atoms with Gasteiger partial charge in [0.25, 0.3) is 0 Å². The third-order valence-electron chi connectivity index (χ3n) is 12.2. The predicted molar refractivity (Wildman–Crippen MR) is 255 cm³/mol. The highest BCUT2D eigenvalue weighted by Crippen LogP contribution is 2.26. The Kier molecular flexibility index (Phi) is 25.7. The maximum absolute atomic E-state index is 2.53. The van der Waals surface area contributed by atoms with Crippen molar-refractivity contribution >= 4 is 24.3 Å². The minimum atomic E-state index is 1.19. The summed E-state index contributed by atoms with van der Waals surface area (Å²) < 4.78 is 0. The van der Waals surface area contributed by atoms with E-state index in [1.165, 1.54) is 224 Å². The van der Waals surface area contributed by atoms with Gasteiger partial charge in [-0.3, -0.25) is 0 Å². The van der Waals surface area contributed by atoms with Crippen LogP contribution in [0.4, 0.5) is 0 Å². The van der Waals surface area contributed by atoms with Gasteiger partial charge in [0.1, 0.15) is 0 Å². The largest absolute Gasteiger partial charge is 0.0654 e. The Bertz CT molecular complexity index is 1380. The molecule has 0 aliphatic carbocycles. The third-order valence-corrected chi connectivity index (χ3v) is 12.2. The average Bonchev–Trinajstić information content (AvgIpc) is 3.20. The van der Waals surface area contributed by atoms with Gasteiger partial charge in [0.05, 0.1) is 0 Å². The van der Waals surface area contributed by atoms with Gasteiger partial charge in [-0.15, -0.1) is 0 Å². The van der Waals surface area contributed by atoms with Crippen molar-refractivity contribution < 1.29 is 0 Å². The first kappa shape index (κ1) is 47.5. The molecule has 0 aliphatic heterocycles. The van der Waals surface area contributed by atoms with Crippen LogP contribution in [-0.2, 0) is 25.7 Å². The Balaban J connectivity index is 1.74. The first-order valence-electron chi connectivity index (χ1n) is 24.2. The molecule has 3 aromatic carbocycles. The van der Waals surface area contributed by atoms with E-state index in [1.807, 2.05) is 0 Å². The standard InChI is InChI=1S/C56H86/c1-7-11-15-19-23-27-31-51-45-55(53(43-47(51)5)33-29-25-21-17-13-9-3)41-39-49-35-37-50(38-36-49)40-42-56-46-52(32-28-24-20-16-12-8-2)48(6)44-54(56)34-30-26-22-18-14-10-4/h35-46H,7-34H2,1-6H3/b41-39+,42-40+. The fourth-order valence-corrected chi connectivity index (χ4v) is 8.42. The summed E-state index contributed by atoms with van der Waals surface area (Å²) in [5, 5.41) is 0. The molecule has 0 heterocycles. The van der Waals surface area contributed by atoms with Gasteiger partial charge >= 0.3 is 0 Å². The van der Waals surface area contributed by atoms with E-state index >= 15 is 0 Å². The molecular formula is C56H86. The summed E-state index contributed by atoms with van der Waals surface area (Å²) in [4.78, 5) is 0. The lowest BCUT2D eigenvalue weighted by molar-refractivity contribution is 0.605. The second kappa shape index (κ2) is 30.3. The van der Waals surface area contributed by atoms with E-state index < -0.39 is 0 Å². The quantitative estimate of drug-likeness (QED) is 0.0439. The van der Waals surface area contributed by atoms with Gasteiger partial charge in [-0.25, -0.2) is 0 Å². The molecule has 310 valence electrons. The topological polar surface area (TPSA) is 0 Å². The van der Waals surface area contributed by atoms with E-state index in [4.69, 9.17) is 0 Å². The Hall–Kier alpha value is -2.86. The monoisotopic (exact) mass is 759 g/mol. The molecule has 0 heteroatoms. The summed E-state index contributed by atoms with van der Waals surface area (Å²) in [7, 11) is 0. The van der Waals surface area contributed by atoms with Crippen molar-refractivity contribution in [3.05, 3.63) is 104 Å². The highest BCUT2D eigenvalue weighted by atomic mass is 14.1. The highest BCUT2D eigenvalue weighted by Gasteiger charge is 2.09. The number of benzene rings is 3. The van der Waals surface area contributed by atoms with Crippen LogP contribution in [-0.4, -0.2) is 0 Å². The molecule has 0 radical (unpaired) electrons. The van der Waals surface area contributed by atoms with Crippen molar-refractivity contribution in [2.75, 3.05) is 0 Å².